The van der Waals surface area contributed by atoms with Crippen LogP contribution in [0.4, 0.5) is 5.69 Å². The van der Waals surface area contributed by atoms with E-state index in [4.69, 9.17) is 0 Å². The lowest BCUT2D eigenvalue weighted by Crippen LogP contribution is -2.28. The number of aliphatic hydroxyl groups excluding tert-OH is 1. The maximum Gasteiger partial charge on any atom is 0.0504 e. The Morgan fingerprint density at radius 1 is 1.47 bits per heavy atom. The first-order valence-electron chi connectivity index (χ1n) is 5.23. The Balaban J connectivity index is 2.04. The van der Waals surface area contributed by atoms with Crippen LogP contribution in [-0.4, -0.2) is 25.3 Å². The van der Waals surface area contributed by atoms with E-state index in [1.165, 1.54) is 5.69 Å². The summed E-state index contributed by atoms with van der Waals surface area (Å²) >= 11 is 3.47. The molecule has 1 saturated carbocycles. The second-order valence-electron chi connectivity index (χ2n) is 4.49. The van der Waals surface area contributed by atoms with E-state index in [-0.39, 0.29) is 5.41 Å². The highest BCUT2D eigenvalue weighted by Gasteiger charge is 2.42. The lowest BCUT2D eigenvalue weighted by atomic mass is 10.1. The van der Waals surface area contributed by atoms with Gasteiger partial charge in [0.05, 0.1) is 6.61 Å². The molecule has 0 atom stereocenters. The Hall–Kier alpha value is -0.540. The molecule has 0 radical (unpaired) electrons. The number of rotatable bonds is 4. The molecule has 2 nitrogen and oxygen atoms in total. The molecule has 0 amide bonds. The molecule has 1 fully saturated rings. The van der Waals surface area contributed by atoms with Crippen LogP contribution < -0.4 is 4.90 Å². The fourth-order valence-electron chi connectivity index (χ4n) is 1.85. The van der Waals surface area contributed by atoms with Crippen LogP contribution in [0, 0.1) is 5.41 Å². The summed E-state index contributed by atoms with van der Waals surface area (Å²) in [5.74, 6) is 0. The Morgan fingerprint density at radius 2 is 2.20 bits per heavy atom. The second kappa shape index (κ2) is 4.14. The molecule has 15 heavy (non-hydrogen) atoms. The third-order valence-corrected chi connectivity index (χ3v) is 3.61. The quantitative estimate of drug-likeness (QED) is 0.909. The van der Waals surface area contributed by atoms with Gasteiger partial charge in [0.15, 0.2) is 0 Å². The van der Waals surface area contributed by atoms with E-state index in [0.717, 1.165) is 23.9 Å². The van der Waals surface area contributed by atoms with E-state index in [2.05, 4.69) is 40.0 Å². The molecular formula is C12H16BrNO. The van der Waals surface area contributed by atoms with Crippen LogP contribution in [-0.2, 0) is 0 Å². The van der Waals surface area contributed by atoms with Gasteiger partial charge in [-0.15, -0.1) is 0 Å². The van der Waals surface area contributed by atoms with Crippen LogP contribution in [0.5, 0.6) is 0 Å². The van der Waals surface area contributed by atoms with Crippen molar-refractivity contribution in [2.45, 2.75) is 12.8 Å². The van der Waals surface area contributed by atoms with Crippen molar-refractivity contribution in [1.29, 1.82) is 0 Å². The molecule has 0 heterocycles. The average molecular weight is 270 g/mol. The zero-order valence-electron chi connectivity index (χ0n) is 8.91. The first kappa shape index (κ1) is 11.0. The predicted molar refractivity (Wildman–Crippen MR) is 66.2 cm³/mol. The normalized spacial score (nSPS) is 17.5. The summed E-state index contributed by atoms with van der Waals surface area (Å²) in [5, 5.41) is 9.27. The Morgan fingerprint density at radius 3 is 2.73 bits per heavy atom. The summed E-state index contributed by atoms with van der Waals surface area (Å²) in [5.41, 5.74) is 1.38. The van der Waals surface area contributed by atoms with Gasteiger partial charge in [-0.2, -0.15) is 0 Å². The molecule has 0 aliphatic heterocycles. The number of nitrogens with zero attached hydrogens (tertiary/aromatic N) is 1. The Bertz CT molecular complexity index is 349. The fraction of sp³-hybridized carbons (Fsp3) is 0.500. The highest BCUT2D eigenvalue weighted by Crippen LogP contribution is 2.46. The SMILES string of the molecule is CN(CC1(CO)CC1)c1cccc(Br)c1. The first-order valence-corrected chi connectivity index (χ1v) is 6.02. The number of benzene rings is 1. The molecule has 3 heteroatoms. The van der Waals surface area contributed by atoms with Gasteiger partial charge in [0, 0.05) is 29.2 Å². The molecule has 0 bridgehead atoms. The van der Waals surface area contributed by atoms with Crippen LogP contribution in [0.3, 0.4) is 0 Å². The van der Waals surface area contributed by atoms with Crippen molar-refractivity contribution in [2.24, 2.45) is 5.41 Å². The monoisotopic (exact) mass is 269 g/mol. The Labute approximate surface area is 99.0 Å². The van der Waals surface area contributed by atoms with Crippen LogP contribution in [0.1, 0.15) is 12.8 Å². The predicted octanol–water partition coefficient (Wildman–Crippen LogP) is 2.66. The maximum atomic E-state index is 9.27. The summed E-state index contributed by atoms with van der Waals surface area (Å²) in [7, 11) is 2.08. The smallest absolute Gasteiger partial charge is 0.0504 e. The van der Waals surface area contributed by atoms with Gasteiger partial charge in [-0.1, -0.05) is 22.0 Å². The Kier molecular flexibility index (Phi) is 3.03. The first-order chi connectivity index (χ1) is 7.15. The topological polar surface area (TPSA) is 23.5 Å². The van der Waals surface area contributed by atoms with E-state index in [9.17, 15) is 5.11 Å². The lowest BCUT2D eigenvalue weighted by molar-refractivity contribution is 0.215. The zero-order valence-corrected chi connectivity index (χ0v) is 10.5. The lowest BCUT2D eigenvalue weighted by Gasteiger charge is -2.24. The van der Waals surface area contributed by atoms with Gasteiger partial charge in [-0.3, -0.25) is 0 Å². The molecule has 1 aliphatic carbocycles. The molecule has 1 aromatic carbocycles. The summed E-state index contributed by atoms with van der Waals surface area (Å²) in [6, 6.07) is 8.26. The van der Waals surface area contributed by atoms with Crippen LogP contribution in [0.25, 0.3) is 0 Å². The molecule has 82 valence electrons. The second-order valence-corrected chi connectivity index (χ2v) is 5.41. The molecule has 1 N–H and O–H groups in total. The van der Waals surface area contributed by atoms with Gasteiger partial charge in [-0.05, 0) is 31.0 Å². The van der Waals surface area contributed by atoms with Crippen molar-refractivity contribution in [1.82, 2.24) is 0 Å². The molecule has 0 unspecified atom stereocenters. The molecular weight excluding hydrogens is 254 g/mol. The zero-order chi connectivity index (χ0) is 10.9. The van der Waals surface area contributed by atoms with Crippen LogP contribution in [0.2, 0.25) is 0 Å². The van der Waals surface area contributed by atoms with Crippen LogP contribution >= 0.6 is 15.9 Å². The summed E-state index contributed by atoms with van der Waals surface area (Å²) in [6.07, 6.45) is 2.31. The van der Waals surface area contributed by atoms with Gasteiger partial charge in [0.1, 0.15) is 0 Å². The average Bonchev–Trinajstić information content (AvgIpc) is 2.98. The third kappa shape index (κ3) is 2.52. The van der Waals surface area contributed by atoms with Gasteiger partial charge >= 0.3 is 0 Å². The van der Waals surface area contributed by atoms with Gasteiger partial charge in [0.2, 0.25) is 0 Å². The van der Waals surface area contributed by atoms with E-state index < -0.39 is 0 Å². The van der Waals surface area contributed by atoms with Gasteiger partial charge < -0.3 is 10.0 Å². The van der Waals surface area contributed by atoms with Gasteiger partial charge in [0.25, 0.3) is 0 Å². The molecule has 1 aromatic rings. The largest absolute Gasteiger partial charge is 0.396 e. The van der Waals surface area contributed by atoms with Gasteiger partial charge in [-0.25, -0.2) is 0 Å². The minimum absolute atomic E-state index is 0.178. The van der Waals surface area contributed by atoms with Crippen molar-refractivity contribution in [3.05, 3.63) is 28.7 Å². The molecule has 0 spiro atoms. The molecule has 1 aliphatic rings. The number of halogens is 1. The minimum Gasteiger partial charge on any atom is -0.396 e. The maximum absolute atomic E-state index is 9.27. The number of aliphatic hydroxyl groups is 1. The standard InChI is InChI=1S/C12H16BrNO/c1-14(8-12(9-15)5-6-12)11-4-2-3-10(13)7-11/h2-4,7,15H,5-6,8-9H2,1H3. The van der Waals surface area contributed by atoms with Crippen molar-refractivity contribution < 1.29 is 5.11 Å². The summed E-state index contributed by atoms with van der Waals surface area (Å²) in [6.45, 7) is 1.26. The van der Waals surface area contributed by atoms with Crippen molar-refractivity contribution in [3.8, 4) is 0 Å². The van der Waals surface area contributed by atoms with E-state index in [0.29, 0.717) is 6.61 Å². The number of hydrogen-bond acceptors (Lipinski definition) is 2. The van der Waals surface area contributed by atoms with Crippen molar-refractivity contribution in [3.63, 3.8) is 0 Å². The number of anilines is 1. The van der Waals surface area contributed by atoms with E-state index >= 15 is 0 Å². The molecule has 0 aromatic heterocycles. The van der Waals surface area contributed by atoms with Crippen molar-refractivity contribution >= 4 is 21.6 Å². The van der Waals surface area contributed by atoms with E-state index in [1.54, 1.807) is 0 Å². The van der Waals surface area contributed by atoms with Crippen molar-refractivity contribution in [2.75, 3.05) is 25.1 Å². The highest BCUT2D eigenvalue weighted by atomic mass is 79.9. The number of hydrogen-bond donors (Lipinski definition) is 1. The van der Waals surface area contributed by atoms with E-state index in [1.807, 2.05) is 12.1 Å². The summed E-state index contributed by atoms with van der Waals surface area (Å²) < 4.78 is 1.10. The molecule has 0 saturated heterocycles. The van der Waals surface area contributed by atoms with Crippen LogP contribution in [0.15, 0.2) is 28.7 Å². The molecule has 2 rings (SSSR count). The third-order valence-electron chi connectivity index (χ3n) is 3.11. The highest BCUT2D eigenvalue weighted by molar-refractivity contribution is 9.10. The minimum atomic E-state index is 0.178. The summed E-state index contributed by atoms with van der Waals surface area (Å²) in [4.78, 5) is 2.22. The fourth-order valence-corrected chi connectivity index (χ4v) is 2.24.